The second kappa shape index (κ2) is 9.11. The Bertz CT molecular complexity index is 1130. The van der Waals surface area contributed by atoms with E-state index in [1.165, 1.54) is 11.3 Å². The van der Waals surface area contributed by atoms with E-state index in [2.05, 4.69) is 29.4 Å². The van der Waals surface area contributed by atoms with Crippen LogP contribution >= 0.6 is 22.9 Å². The molecule has 3 aromatic rings. The highest BCUT2D eigenvalue weighted by molar-refractivity contribution is 7.92. The van der Waals surface area contributed by atoms with Crippen LogP contribution < -0.4 is 9.62 Å². The molecule has 0 bridgehead atoms. The summed E-state index contributed by atoms with van der Waals surface area (Å²) in [6.07, 6.45) is 1.07. The van der Waals surface area contributed by atoms with Crippen molar-refractivity contribution in [1.82, 2.24) is 10.2 Å². The van der Waals surface area contributed by atoms with Crippen LogP contribution in [0.1, 0.15) is 25.3 Å². The summed E-state index contributed by atoms with van der Waals surface area (Å²) in [5.74, 6) is -0.187. The average molecular weight is 465 g/mol. The Labute approximate surface area is 184 Å². The van der Waals surface area contributed by atoms with Gasteiger partial charge in [-0.15, -0.1) is 10.2 Å². The molecule has 30 heavy (non-hydrogen) atoms. The van der Waals surface area contributed by atoms with Gasteiger partial charge in [0.05, 0.1) is 11.9 Å². The zero-order valence-corrected chi connectivity index (χ0v) is 19.1. The van der Waals surface area contributed by atoms with E-state index in [1.807, 2.05) is 12.1 Å². The predicted molar refractivity (Wildman–Crippen MR) is 122 cm³/mol. The van der Waals surface area contributed by atoms with E-state index < -0.39 is 15.9 Å². The molecule has 0 saturated carbocycles. The number of carbonyl (C=O) groups is 1. The van der Waals surface area contributed by atoms with Crippen LogP contribution in [0.25, 0.3) is 10.6 Å². The molecule has 0 spiro atoms. The third kappa shape index (κ3) is 5.56. The first-order valence-corrected chi connectivity index (χ1v) is 12.1. The Morgan fingerprint density at radius 1 is 1.10 bits per heavy atom. The molecule has 0 radical (unpaired) electrons. The number of halogens is 1. The molecule has 0 unspecified atom stereocenters. The Morgan fingerprint density at radius 2 is 1.73 bits per heavy atom. The van der Waals surface area contributed by atoms with Gasteiger partial charge in [-0.05, 0) is 35.7 Å². The SMILES string of the molecule is CC(C)c1ccc(N(CC(=O)Nc2nnc(-c3ccc(Cl)cc3)s2)S(C)(=O)=O)cc1. The third-order valence-electron chi connectivity index (χ3n) is 4.30. The molecule has 10 heteroatoms. The van der Waals surface area contributed by atoms with Gasteiger partial charge in [0.2, 0.25) is 21.1 Å². The van der Waals surface area contributed by atoms with Gasteiger partial charge in [-0.25, -0.2) is 8.42 Å². The molecule has 0 atom stereocenters. The molecule has 1 aromatic heterocycles. The van der Waals surface area contributed by atoms with Crippen molar-refractivity contribution in [3.05, 3.63) is 59.1 Å². The number of benzene rings is 2. The average Bonchev–Trinajstić information content (AvgIpc) is 3.14. The maximum Gasteiger partial charge on any atom is 0.246 e. The van der Waals surface area contributed by atoms with Crippen molar-refractivity contribution < 1.29 is 13.2 Å². The number of carbonyl (C=O) groups excluding carboxylic acids is 1. The van der Waals surface area contributed by atoms with Crippen LogP contribution in [0, 0.1) is 0 Å². The summed E-state index contributed by atoms with van der Waals surface area (Å²) in [7, 11) is -3.65. The summed E-state index contributed by atoms with van der Waals surface area (Å²) in [6.45, 7) is 3.74. The smallest absolute Gasteiger partial charge is 0.246 e. The van der Waals surface area contributed by atoms with Crippen molar-refractivity contribution in [2.24, 2.45) is 0 Å². The van der Waals surface area contributed by atoms with E-state index in [9.17, 15) is 13.2 Å². The molecule has 158 valence electrons. The van der Waals surface area contributed by atoms with E-state index in [0.717, 1.165) is 21.7 Å². The lowest BCUT2D eigenvalue weighted by molar-refractivity contribution is -0.114. The first kappa shape index (κ1) is 22.2. The number of amides is 1. The lowest BCUT2D eigenvalue weighted by atomic mass is 10.0. The van der Waals surface area contributed by atoms with Gasteiger partial charge in [0, 0.05) is 10.6 Å². The van der Waals surface area contributed by atoms with Crippen molar-refractivity contribution in [3.8, 4) is 10.6 Å². The molecule has 7 nitrogen and oxygen atoms in total. The van der Waals surface area contributed by atoms with Gasteiger partial charge >= 0.3 is 0 Å². The molecule has 1 amide bonds. The normalized spacial score (nSPS) is 11.5. The van der Waals surface area contributed by atoms with Crippen molar-refractivity contribution in [1.29, 1.82) is 0 Å². The van der Waals surface area contributed by atoms with Crippen LogP contribution in [0.15, 0.2) is 48.5 Å². The molecule has 1 N–H and O–H groups in total. The topological polar surface area (TPSA) is 92.3 Å². The van der Waals surface area contributed by atoms with E-state index in [1.54, 1.807) is 36.4 Å². The van der Waals surface area contributed by atoms with Crippen LogP contribution in [0.2, 0.25) is 5.02 Å². The monoisotopic (exact) mass is 464 g/mol. The minimum absolute atomic E-state index is 0.286. The van der Waals surface area contributed by atoms with Crippen molar-refractivity contribution in [2.75, 3.05) is 22.4 Å². The molecule has 0 aliphatic heterocycles. The van der Waals surface area contributed by atoms with Gasteiger partial charge < -0.3 is 0 Å². The fraction of sp³-hybridized carbons (Fsp3) is 0.250. The zero-order chi connectivity index (χ0) is 21.9. The molecule has 0 fully saturated rings. The second-order valence-corrected chi connectivity index (χ2v) is 10.3. The maximum absolute atomic E-state index is 12.5. The van der Waals surface area contributed by atoms with Crippen LogP contribution in [-0.4, -0.2) is 37.3 Å². The highest BCUT2D eigenvalue weighted by atomic mass is 35.5. The Hall–Kier alpha value is -2.49. The Kier molecular flexibility index (Phi) is 6.74. The Balaban J connectivity index is 1.73. The predicted octanol–water partition coefficient (Wildman–Crippen LogP) is 4.39. The molecular formula is C20H21ClN4O3S2. The third-order valence-corrected chi connectivity index (χ3v) is 6.58. The number of aromatic nitrogens is 2. The first-order chi connectivity index (χ1) is 14.1. The van der Waals surface area contributed by atoms with E-state index >= 15 is 0 Å². The largest absolute Gasteiger partial charge is 0.299 e. The lowest BCUT2D eigenvalue weighted by Gasteiger charge is -2.22. The number of hydrogen-bond donors (Lipinski definition) is 1. The Morgan fingerprint density at radius 3 is 2.30 bits per heavy atom. The van der Waals surface area contributed by atoms with Crippen LogP contribution in [0.4, 0.5) is 10.8 Å². The highest BCUT2D eigenvalue weighted by Crippen LogP contribution is 2.27. The number of hydrogen-bond acceptors (Lipinski definition) is 6. The number of sulfonamides is 1. The van der Waals surface area contributed by atoms with Crippen molar-refractivity contribution in [3.63, 3.8) is 0 Å². The van der Waals surface area contributed by atoms with E-state index in [-0.39, 0.29) is 11.7 Å². The van der Waals surface area contributed by atoms with Gasteiger partial charge in [0.1, 0.15) is 11.6 Å². The fourth-order valence-electron chi connectivity index (χ4n) is 2.70. The molecular weight excluding hydrogens is 444 g/mol. The van der Waals surface area contributed by atoms with Crippen LogP contribution in [0.5, 0.6) is 0 Å². The number of nitrogens with one attached hydrogen (secondary N) is 1. The summed E-state index contributed by atoms with van der Waals surface area (Å²) in [4.78, 5) is 12.5. The summed E-state index contributed by atoms with van der Waals surface area (Å²) < 4.78 is 25.6. The first-order valence-electron chi connectivity index (χ1n) is 9.10. The van der Waals surface area contributed by atoms with Gasteiger partial charge in [0.15, 0.2) is 0 Å². The minimum Gasteiger partial charge on any atom is -0.299 e. The summed E-state index contributed by atoms with van der Waals surface area (Å²) in [5, 5.41) is 12.2. The van der Waals surface area contributed by atoms with Gasteiger partial charge in [-0.3, -0.25) is 14.4 Å². The van der Waals surface area contributed by atoms with Gasteiger partial charge in [-0.2, -0.15) is 0 Å². The summed E-state index contributed by atoms with van der Waals surface area (Å²) in [6, 6.07) is 14.2. The zero-order valence-electron chi connectivity index (χ0n) is 16.7. The van der Waals surface area contributed by atoms with Gasteiger partial charge in [0.25, 0.3) is 0 Å². The number of anilines is 2. The fourth-order valence-corrected chi connectivity index (χ4v) is 4.45. The van der Waals surface area contributed by atoms with Crippen molar-refractivity contribution >= 4 is 49.7 Å². The lowest BCUT2D eigenvalue weighted by Crippen LogP contribution is -2.37. The number of nitrogens with zero attached hydrogens (tertiary/aromatic N) is 3. The molecule has 1 heterocycles. The molecule has 0 aliphatic carbocycles. The maximum atomic E-state index is 12.5. The highest BCUT2D eigenvalue weighted by Gasteiger charge is 2.22. The molecule has 0 aliphatic rings. The quantitative estimate of drug-likeness (QED) is 0.559. The van der Waals surface area contributed by atoms with Crippen LogP contribution in [0.3, 0.4) is 0 Å². The van der Waals surface area contributed by atoms with Crippen molar-refractivity contribution in [2.45, 2.75) is 19.8 Å². The second-order valence-electron chi connectivity index (χ2n) is 6.98. The van der Waals surface area contributed by atoms with E-state index in [0.29, 0.717) is 21.6 Å². The molecule has 2 aromatic carbocycles. The number of rotatable bonds is 7. The summed E-state index contributed by atoms with van der Waals surface area (Å²) in [5.41, 5.74) is 2.33. The summed E-state index contributed by atoms with van der Waals surface area (Å²) >= 11 is 7.08. The van der Waals surface area contributed by atoms with Gasteiger partial charge in [-0.1, -0.05) is 61.1 Å². The molecule has 3 rings (SSSR count). The molecule has 0 saturated heterocycles. The van der Waals surface area contributed by atoms with E-state index in [4.69, 9.17) is 11.6 Å². The standard InChI is InChI=1S/C20H21ClN4O3S2/c1-13(2)14-6-10-17(11-7-14)25(30(3,27)28)12-18(26)22-20-24-23-19(29-20)15-4-8-16(21)9-5-15/h4-11,13H,12H2,1-3H3,(H,22,24,26). The minimum atomic E-state index is -3.65. The van der Waals surface area contributed by atoms with Crippen LogP contribution in [-0.2, 0) is 14.8 Å².